The van der Waals surface area contributed by atoms with Crippen molar-refractivity contribution in [2.45, 2.75) is 36.7 Å². The number of thioether (sulfide) groups is 1. The average Bonchev–Trinajstić information content (AvgIpc) is 3.53. The molecule has 0 radical (unpaired) electrons. The maximum Gasteiger partial charge on any atom is 0.191 e. The van der Waals surface area contributed by atoms with Crippen LogP contribution in [0.25, 0.3) is 17.1 Å². The highest BCUT2D eigenvalue weighted by Gasteiger charge is 2.24. The number of hydrogen-bond acceptors (Lipinski definition) is 6. The van der Waals surface area contributed by atoms with Crippen molar-refractivity contribution in [2.24, 2.45) is 0 Å². The highest BCUT2D eigenvalue weighted by atomic mass is 32.2. The molecule has 0 aliphatic heterocycles. The predicted octanol–water partition coefficient (Wildman–Crippen LogP) is 3.95. The number of benzene rings is 1. The summed E-state index contributed by atoms with van der Waals surface area (Å²) in [6, 6.07) is 14.3. The van der Waals surface area contributed by atoms with Crippen molar-refractivity contribution in [1.82, 2.24) is 29.5 Å². The summed E-state index contributed by atoms with van der Waals surface area (Å²) in [5, 5.41) is 14.8. The molecule has 0 saturated carbocycles. The van der Waals surface area contributed by atoms with Crippen molar-refractivity contribution in [2.75, 3.05) is 13.7 Å². The molecule has 8 heteroatoms. The van der Waals surface area contributed by atoms with E-state index in [0.29, 0.717) is 13.2 Å². The number of hydrogen-bond donors (Lipinski definition) is 0. The van der Waals surface area contributed by atoms with Crippen LogP contribution in [0.15, 0.2) is 60.0 Å². The molecular weight excluding hydrogens is 408 g/mol. The molecule has 31 heavy (non-hydrogen) atoms. The van der Waals surface area contributed by atoms with Gasteiger partial charge in [-0.3, -0.25) is 9.55 Å². The van der Waals surface area contributed by atoms with Crippen LogP contribution in [0, 0.1) is 0 Å². The molecule has 0 fully saturated rings. The van der Waals surface area contributed by atoms with E-state index in [0.717, 1.165) is 46.5 Å². The average molecular weight is 433 g/mol. The van der Waals surface area contributed by atoms with E-state index in [1.165, 1.54) is 17.7 Å². The molecule has 1 aromatic carbocycles. The van der Waals surface area contributed by atoms with E-state index in [2.05, 4.69) is 48.7 Å². The fraction of sp³-hybridized carbons (Fsp3) is 0.304. The second kappa shape index (κ2) is 9.03. The topological polar surface area (TPSA) is 70.7 Å². The number of rotatable bonds is 8. The first-order chi connectivity index (χ1) is 15.3. The summed E-state index contributed by atoms with van der Waals surface area (Å²) in [6.07, 6.45) is 6.91. The Bertz CT molecular complexity index is 1160. The van der Waals surface area contributed by atoms with Crippen LogP contribution < -0.4 is 0 Å². The SMILES string of the molecule is COCCn1c(SCc2nn(-c3ccccc3)c3c2CCC3)nnc1-c1ccncc1. The molecule has 3 aromatic heterocycles. The molecule has 1 aliphatic rings. The second-order valence-electron chi connectivity index (χ2n) is 7.45. The van der Waals surface area contributed by atoms with Gasteiger partial charge in [0, 0.05) is 36.5 Å². The first kappa shape index (κ1) is 20.0. The Morgan fingerprint density at radius 1 is 1.03 bits per heavy atom. The molecule has 0 amide bonds. The van der Waals surface area contributed by atoms with Crippen LogP contribution >= 0.6 is 11.8 Å². The van der Waals surface area contributed by atoms with Gasteiger partial charge >= 0.3 is 0 Å². The number of methoxy groups -OCH3 is 1. The number of fused-ring (bicyclic) bond motifs is 1. The smallest absolute Gasteiger partial charge is 0.191 e. The van der Waals surface area contributed by atoms with Gasteiger partial charge in [-0.05, 0) is 49.1 Å². The lowest BCUT2D eigenvalue weighted by Gasteiger charge is -2.09. The quantitative estimate of drug-likeness (QED) is 0.393. The van der Waals surface area contributed by atoms with Gasteiger partial charge in [0.15, 0.2) is 11.0 Å². The molecule has 4 aromatic rings. The van der Waals surface area contributed by atoms with Gasteiger partial charge in [-0.25, -0.2) is 4.68 Å². The summed E-state index contributed by atoms with van der Waals surface area (Å²) in [5.41, 5.74) is 6.02. The summed E-state index contributed by atoms with van der Waals surface area (Å²) in [4.78, 5) is 4.11. The lowest BCUT2D eigenvalue weighted by Crippen LogP contribution is -2.07. The molecule has 158 valence electrons. The van der Waals surface area contributed by atoms with Gasteiger partial charge in [0.1, 0.15) is 0 Å². The summed E-state index contributed by atoms with van der Waals surface area (Å²) in [6.45, 7) is 1.29. The molecule has 0 bridgehead atoms. The largest absolute Gasteiger partial charge is 0.383 e. The number of pyridine rings is 1. The maximum atomic E-state index is 5.32. The predicted molar refractivity (Wildman–Crippen MR) is 120 cm³/mol. The molecule has 0 spiro atoms. The summed E-state index contributed by atoms with van der Waals surface area (Å²) >= 11 is 1.68. The maximum absolute atomic E-state index is 5.32. The van der Waals surface area contributed by atoms with Crippen LogP contribution in [0.1, 0.15) is 23.4 Å². The standard InChI is InChI=1S/C23H24N6OS/c1-30-15-14-28-22(17-10-12-24-13-11-17)25-26-23(28)31-16-20-19-8-5-9-21(19)29(27-20)18-6-3-2-4-7-18/h2-4,6-7,10-13H,5,8-9,14-16H2,1H3. The number of aromatic nitrogens is 6. The van der Waals surface area contributed by atoms with Crippen molar-refractivity contribution in [3.63, 3.8) is 0 Å². The van der Waals surface area contributed by atoms with Gasteiger partial charge in [-0.2, -0.15) is 5.10 Å². The summed E-state index contributed by atoms with van der Waals surface area (Å²) in [5.74, 6) is 1.60. The van der Waals surface area contributed by atoms with Gasteiger partial charge in [-0.1, -0.05) is 30.0 Å². The van der Waals surface area contributed by atoms with E-state index in [1.807, 2.05) is 18.2 Å². The molecule has 3 heterocycles. The van der Waals surface area contributed by atoms with E-state index in [-0.39, 0.29) is 0 Å². The first-order valence-electron chi connectivity index (χ1n) is 10.5. The fourth-order valence-corrected chi connectivity index (χ4v) is 4.97. The Kier molecular flexibility index (Phi) is 5.82. The van der Waals surface area contributed by atoms with Crippen LogP contribution in [-0.4, -0.2) is 43.2 Å². The Labute approximate surface area is 185 Å². The van der Waals surface area contributed by atoms with Gasteiger partial charge in [0.2, 0.25) is 0 Å². The van der Waals surface area contributed by atoms with Crippen LogP contribution in [0.4, 0.5) is 0 Å². The number of nitrogens with zero attached hydrogens (tertiary/aromatic N) is 6. The molecule has 7 nitrogen and oxygen atoms in total. The molecule has 0 N–H and O–H groups in total. The minimum absolute atomic E-state index is 0.599. The minimum Gasteiger partial charge on any atom is -0.383 e. The molecule has 5 rings (SSSR count). The highest BCUT2D eigenvalue weighted by molar-refractivity contribution is 7.98. The zero-order valence-electron chi connectivity index (χ0n) is 17.4. The third kappa shape index (κ3) is 4.00. The Morgan fingerprint density at radius 2 is 1.87 bits per heavy atom. The third-order valence-electron chi connectivity index (χ3n) is 5.53. The fourth-order valence-electron chi connectivity index (χ4n) is 4.04. The van der Waals surface area contributed by atoms with E-state index in [1.54, 1.807) is 31.3 Å². The van der Waals surface area contributed by atoms with Gasteiger partial charge in [-0.15, -0.1) is 10.2 Å². The minimum atomic E-state index is 0.599. The number of ether oxygens (including phenoxy) is 1. The normalized spacial score (nSPS) is 12.9. The van der Waals surface area contributed by atoms with Gasteiger partial charge in [0.25, 0.3) is 0 Å². The van der Waals surface area contributed by atoms with Gasteiger partial charge in [0.05, 0.1) is 24.5 Å². The van der Waals surface area contributed by atoms with Crippen molar-refractivity contribution < 1.29 is 4.74 Å². The van der Waals surface area contributed by atoms with E-state index >= 15 is 0 Å². The monoisotopic (exact) mass is 432 g/mol. The van der Waals surface area contributed by atoms with Crippen LogP contribution in [0.3, 0.4) is 0 Å². The molecule has 1 aliphatic carbocycles. The second-order valence-corrected chi connectivity index (χ2v) is 8.39. The van der Waals surface area contributed by atoms with Crippen molar-refractivity contribution in [3.8, 4) is 17.1 Å². The zero-order valence-corrected chi connectivity index (χ0v) is 18.3. The van der Waals surface area contributed by atoms with E-state index < -0.39 is 0 Å². The third-order valence-corrected chi connectivity index (χ3v) is 6.50. The van der Waals surface area contributed by atoms with Crippen LogP contribution in [-0.2, 0) is 29.9 Å². The lowest BCUT2D eigenvalue weighted by atomic mass is 10.2. The molecule has 0 unspecified atom stereocenters. The lowest BCUT2D eigenvalue weighted by molar-refractivity contribution is 0.185. The van der Waals surface area contributed by atoms with Crippen molar-refractivity contribution >= 4 is 11.8 Å². The summed E-state index contributed by atoms with van der Waals surface area (Å²) in [7, 11) is 1.71. The first-order valence-corrected chi connectivity index (χ1v) is 11.4. The van der Waals surface area contributed by atoms with Crippen molar-refractivity contribution in [1.29, 1.82) is 0 Å². The number of para-hydroxylation sites is 1. The van der Waals surface area contributed by atoms with Crippen LogP contribution in [0.2, 0.25) is 0 Å². The Balaban J connectivity index is 1.42. The zero-order chi connectivity index (χ0) is 21.0. The van der Waals surface area contributed by atoms with Crippen LogP contribution in [0.5, 0.6) is 0 Å². The molecule has 0 atom stereocenters. The highest BCUT2D eigenvalue weighted by Crippen LogP contribution is 2.32. The van der Waals surface area contributed by atoms with Gasteiger partial charge < -0.3 is 4.74 Å². The van der Waals surface area contributed by atoms with E-state index in [9.17, 15) is 0 Å². The van der Waals surface area contributed by atoms with Crippen molar-refractivity contribution in [3.05, 3.63) is 71.8 Å². The Morgan fingerprint density at radius 3 is 2.68 bits per heavy atom. The molecular formula is C23H24N6OS. The van der Waals surface area contributed by atoms with E-state index in [4.69, 9.17) is 9.84 Å². The molecule has 0 saturated heterocycles. The Hall–Kier alpha value is -2.97. The summed E-state index contributed by atoms with van der Waals surface area (Å²) < 4.78 is 9.57.